The summed E-state index contributed by atoms with van der Waals surface area (Å²) in [5, 5.41) is 4.12. The molecule has 0 saturated carbocycles. The van der Waals surface area contributed by atoms with Gasteiger partial charge in [-0.3, -0.25) is 14.7 Å². The lowest BCUT2D eigenvalue weighted by Gasteiger charge is -2.21. The molecule has 182 valence electrons. The van der Waals surface area contributed by atoms with Crippen molar-refractivity contribution in [1.82, 2.24) is 25.2 Å². The summed E-state index contributed by atoms with van der Waals surface area (Å²) in [4.78, 5) is 26.8. The fourth-order valence-corrected chi connectivity index (χ4v) is 4.35. The first kappa shape index (κ1) is 23.5. The molecule has 2 aromatic carbocycles. The number of hydrogen-bond donors (Lipinski definition) is 2. The Morgan fingerprint density at radius 3 is 2.81 bits per heavy atom. The van der Waals surface area contributed by atoms with Crippen molar-refractivity contribution in [3.8, 4) is 0 Å². The van der Waals surface area contributed by atoms with Gasteiger partial charge in [-0.05, 0) is 42.2 Å². The number of H-pyrrole nitrogens is 1. The van der Waals surface area contributed by atoms with Crippen LogP contribution in [0.1, 0.15) is 38.6 Å². The van der Waals surface area contributed by atoms with E-state index in [1.54, 1.807) is 12.4 Å². The van der Waals surface area contributed by atoms with E-state index in [1.807, 2.05) is 18.2 Å². The number of aromatic amines is 1. The maximum atomic E-state index is 12.6. The lowest BCUT2D eigenvalue weighted by Crippen LogP contribution is -2.26. The molecule has 0 radical (unpaired) electrons. The van der Waals surface area contributed by atoms with Gasteiger partial charge in [-0.25, -0.2) is 4.98 Å². The summed E-state index contributed by atoms with van der Waals surface area (Å²) in [6.07, 6.45) is 7.83. The van der Waals surface area contributed by atoms with Gasteiger partial charge < -0.3 is 14.7 Å². The maximum Gasteiger partial charge on any atom is 0.273 e. The average molecular weight is 480 g/mol. The number of hydrogen-bond acceptors (Lipinski definition) is 5. The highest BCUT2D eigenvalue weighted by molar-refractivity contribution is 5.91. The van der Waals surface area contributed by atoms with Crippen molar-refractivity contribution in [2.75, 3.05) is 6.54 Å². The van der Waals surface area contributed by atoms with Gasteiger partial charge in [-0.2, -0.15) is 0 Å². The van der Waals surface area contributed by atoms with Crippen LogP contribution in [0.15, 0.2) is 89.9 Å². The van der Waals surface area contributed by atoms with E-state index in [-0.39, 0.29) is 11.6 Å². The van der Waals surface area contributed by atoms with Crippen LogP contribution >= 0.6 is 0 Å². The number of pyridine rings is 1. The van der Waals surface area contributed by atoms with Crippen molar-refractivity contribution in [1.29, 1.82) is 0 Å². The van der Waals surface area contributed by atoms with E-state index in [4.69, 9.17) is 4.42 Å². The number of aromatic nitrogens is 3. The van der Waals surface area contributed by atoms with Crippen LogP contribution in [0.5, 0.6) is 0 Å². The van der Waals surface area contributed by atoms with Crippen molar-refractivity contribution in [2.24, 2.45) is 0 Å². The highest BCUT2D eigenvalue weighted by atomic mass is 16.3. The SMILES string of the molecule is Cc1cccc(CN(CCc2c[nH]c3ccccc23)Cc2nc(C(=O)NCc3cccnc3)co2)c1. The van der Waals surface area contributed by atoms with Gasteiger partial charge in [-0.15, -0.1) is 0 Å². The average Bonchev–Trinajstić information content (AvgIpc) is 3.54. The molecule has 0 spiro atoms. The molecule has 0 fully saturated rings. The Kier molecular flexibility index (Phi) is 7.19. The molecule has 7 heteroatoms. The molecular weight excluding hydrogens is 450 g/mol. The Morgan fingerprint density at radius 2 is 1.94 bits per heavy atom. The normalized spacial score (nSPS) is 11.3. The Morgan fingerprint density at radius 1 is 1.06 bits per heavy atom. The van der Waals surface area contributed by atoms with Crippen LogP contribution in [-0.4, -0.2) is 32.3 Å². The molecule has 0 saturated heterocycles. The summed E-state index contributed by atoms with van der Waals surface area (Å²) < 4.78 is 5.70. The molecule has 0 atom stereocenters. The molecule has 0 unspecified atom stereocenters. The first-order valence-corrected chi connectivity index (χ1v) is 12.1. The largest absolute Gasteiger partial charge is 0.447 e. The monoisotopic (exact) mass is 479 g/mol. The van der Waals surface area contributed by atoms with Crippen LogP contribution in [0.2, 0.25) is 0 Å². The van der Waals surface area contributed by atoms with Crippen molar-refractivity contribution in [3.63, 3.8) is 0 Å². The Labute approximate surface area is 210 Å². The molecular formula is C29H29N5O2. The topological polar surface area (TPSA) is 87.0 Å². The van der Waals surface area contributed by atoms with Gasteiger partial charge in [0.25, 0.3) is 5.91 Å². The Bertz CT molecular complexity index is 1440. The van der Waals surface area contributed by atoms with E-state index in [0.717, 1.165) is 30.6 Å². The Balaban J connectivity index is 1.27. The van der Waals surface area contributed by atoms with Crippen LogP contribution in [0.3, 0.4) is 0 Å². The number of nitrogens with zero attached hydrogens (tertiary/aromatic N) is 3. The minimum Gasteiger partial charge on any atom is -0.447 e. The molecule has 0 aliphatic rings. The minimum absolute atomic E-state index is 0.266. The van der Waals surface area contributed by atoms with E-state index in [1.165, 1.54) is 28.3 Å². The fourth-order valence-electron chi connectivity index (χ4n) is 4.35. The van der Waals surface area contributed by atoms with Crippen LogP contribution in [-0.2, 0) is 26.1 Å². The van der Waals surface area contributed by atoms with Crippen molar-refractivity contribution < 1.29 is 9.21 Å². The highest BCUT2D eigenvalue weighted by Gasteiger charge is 2.16. The number of aryl methyl sites for hydroxylation is 1. The first-order chi connectivity index (χ1) is 17.6. The zero-order valence-corrected chi connectivity index (χ0v) is 20.3. The van der Waals surface area contributed by atoms with Crippen molar-refractivity contribution in [2.45, 2.75) is 33.0 Å². The molecule has 5 aromatic rings. The van der Waals surface area contributed by atoms with Gasteiger partial charge in [0.1, 0.15) is 6.26 Å². The van der Waals surface area contributed by atoms with Gasteiger partial charge in [0.15, 0.2) is 5.69 Å². The predicted molar refractivity (Wildman–Crippen MR) is 139 cm³/mol. The van der Waals surface area contributed by atoms with E-state index < -0.39 is 0 Å². The van der Waals surface area contributed by atoms with Crippen LogP contribution in [0.4, 0.5) is 0 Å². The van der Waals surface area contributed by atoms with Gasteiger partial charge in [-0.1, -0.05) is 54.1 Å². The van der Waals surface area contributed by atoms with Crippen molar-refractivity contribution in [3.05, 3.63) is 119 Å². The zero-order chi connectivity index (χ0) is 24.7. The quantitative estimate of drug-likeness (QED) is 0.293. The number of oxazole rings is 1. The van der Waals surface area contributed by atoms with Crippen molar-refractivity contribution >= 4 is 16.8 Å². The Hall–Kier alpha value is -4.23. The molecule has 0 aliphatic carbocycles. The second-order valence-corrected chi connectivity index (χ2v) is 8.98. The summed E-state index contributed by atoms with van der Waals surface area (Å²) in [7, 11) is 0. The second kappa shape index (κ2) is 11.0. The second-order valence-electron chi connectivity index (χ2n) is 8.98. The van der Waals surface area contributed by atoms with Crippen LogP contribution in [0, 0.1) is 6.92 Å². The lowest BCUT2D eigenvalue weighted by molar-refractivity contribution is 0.0945. The third-order valence-corrected chi connectivity index (χ3v) is 6.18. The van der Waals surface area contributed by atoms with Gasteiger partial charge in [0, 0.05) is 49.1 Å². The number of fused-ring (bicyclic) bond motifs is 1. The molecule has 2 N–H and O–H groups in total. The zero-order valence-electron chi connectivity index (χ0n) is 20.3. The van der Waals surface area contributed by atoms with E-state index >= 15 is 0 Å². The summed E-state index contributed by atoms with van der Waals surface area (Å²) >= 11 is 0. The van der Waals surface area contributed by atoms with E-state index in [0.29, 0.717) is 19.0 Å². The molecule has 5 rings (SSSR count). The smallest absolute Gasteiger partial charge is 0.273 e. The summed E-state index contributed by atoms with van der Waals surface area (Å²) in [5.74, 6) is 0.256. The summed E-state index contributed by atoms with van der Waals surface area (Å²) in [6.45, 7) is 4.57. The minimum atomic E-state index is -0.266. The molecule has 3 heterocycles. The predicted octanol–water partition coefficient (Wildman–Crippen LogP) is 5.03. The van der Waals surface area contributed by atoms with Gasteiger partial charge in [0.2, 0.25) is 5.89 Å². The number of nitrogens with one attached hydrogen (secondary N) is 2. The molecule has 0 aliphatic heterocycles. The fraction of sp³-hybridized carbons (Fsp3) is 0.207. The third-order valence-electron chi connectivity index (χ3n) is 6.18. The number of carbonyl (C=O) groups excluding carboxylic acids is 1. The van der Waals surface area contributed by atoms with Gasteiger partial charge in [0.05, 0.1) is 6.54 Å². The highest BCUT2D eigenvalue weighted by Crippen LogP contribution is 2.20. The van der Waals surface area contributed by atoms with E-state index in [9.17, 15) is 4.79 Å². The first-order valence-electron chi connectivity index (χ1n) is 12.1. The third kappa shape index (κ3) is 5.87. The summed E-state index contributed by atoms with van der Waals surface area (Å²) in [5.41, 5.74) is 6.09. The standard InChI is InChI=1S/C29H29N5O2/c1-21-6-4-7-22(14-21)18-34(13-11-24-17-31-26-10-3-2-9-25(24)26)19-28-33-27(20-36-28)29(35)32-16-23-8-5-12-30-15-23/h2-10,12,14-15,17,20,31H,11,13,16,18-19H2,1H3,(H,32,35). The molecule has 0 bridgehead atoms. The number of para-hydroxylation sites is 1. The number of carbonyl (C=O) groups is 1. The molecule has 36 heavy (non-hydrogen) atoms. The maximum absolute atomic E-state index is 12.6. The molecule has 7 nitrogen and oxygen atoms in total. The molecule has 1 amide bonds. The number of rotatable bonds is 10. The van der Waals surface area contributed by atoms with Crippen LogP contribution in [0.25, 0.3) is 10.9 Å². The lowest BCUT2D eigenvalue weighted by atomic mass is 10.1. The van der Waals surface area contributed by atoms with Crippen LogP contribution < -0.4 is 5.32 Å². The van der Waals surface area contributed by atoms with E-state index in [2.05, 4.69) is 80.8 Å². The summed E-state index contributed by atoms with van der Waals surface area (Å²) in [6, 6.07) is 20.6. The van der Waals surface area contributed by atoms with Gasteiger partial charge >= 0.3 is 0 Å². The number of amides is 1. The molecule has 3 aromatic heterocycles. The number of benzene rings is 2.